The Labute approximate surface area is 196 Å². The third-order valence-corrected chi connectivity index (χ3v) is 5.31. The van der Waals surface area contributed by atoms with Gasteiger partial charge in [-0.3, -0.25) is 4.79 Å². The molecule has 1 amide bonds. The number of rotatable bonds is 7. The van der Waals surface area contributed by atoms with Gasteiger partial charge in [0.05, 0.1) is 18.9 Å². The van der Waals surface area contributed by atoms with Crippen LogP contribution in [0, 0.1) is 0 Å². The first-order chi connectivity index (χ1) is 14.5. The monoisotopic (exact) mass is 550 g/mol. The van der Waals surface area contributed by atoms with Gasteiger partial charge >= 0.3 is 0 Å². The van der Waals surface area contributed by atoms with E-state index in [9.17, 15) is 4.79 Å². The highest BCUT2D eigenvalue weighted by molar-refractivity contribution is 9.10. The topological polar surface area (TPSA) is 59.9 Å². The first-order valence-electron chi connectivity index (χ1n) is 8.80. The Morgan fingerprint density at radius 2 is 1.73 bits per heavy atom. The molecule has 8 heteroatoms. The predicted octanol–water partition coefficient (Wildman–Crippen LogP) is 6.22. The third kappa shape index (κ3) is 6.08. The Morgan fingerprint density at radius 3 is 2.47 bits per heavy atom. The van der Waals surface area contributed by atoms with Crippen LogP contribution in [-0.2, 0) is 6.61 Å². The van der Waals surface area contributed by atoms with Gasteiger partial charge in [0.2, 0.25) is 0 Å². The van der Waals surface area contributed by atoms with Gasteiger partial charge in [0.15, 0.2) is 0 Å². The van der Waals surface area contributed by atoms with Crippen molar-refractivity contribution in [2.24, 2.45) is 5.10 Å². The van der Waals surface area contributed by atoms with Gasteiger partial charge in [0.1, 0.15) is 18.1 Å². The number of hydrazone groups is 1. The molecular formula is C22H17Br2ClN2O3. The SMILES string of the molecule is COc1ccc(Br)cc1C(=O)N/N=C\c1cc(Cl)ccc1OCc1ccc(Br)cc1. The molecule has 30 heavy (non-hydrogen) atoms. The number of nitrogens with zero attached hydrogens (tertiary/aromatic N) is 1. The number of halogens is 3. The van der Waals surface area contributed by atoms with E-state index < -0.39 is 5.91 Å². The summed E-state index contributed by atoms with van der Waals surface area (Å²) in [5.41, 5.74) is 4.52. The van der Waals surface area contributed by atoms with Crippen LogP contribution in [0.4, 0.5) is 0 Å². The molecule has 0 aliphatic rings. The van der Waals surface area contributed by atoms with E-state index in [1.54, 1.807) is 36.4 Å². The van der Waals surface area contributed by atoms with Crippen molar-refractivity contribution >= 4 is 55.6 Å². The van der Waals surface area contributed by atoms with Crippen molar-refractivity contribution in [3.63, 3.8) is 0 Å². The van der Waals surface area contributed by atoms with E-state index in [1.807, 2.05) is 24.3 Å². The van der Waals surface area contributed by atoms with Crippen LogP contribution in [0.15, 0.2) is 74.7 Å². The Morgan fingerprint density at radius 1 is 1.03 bits per heavy atom. The number of benzene rings is 3. The fourth-order valence-electron chi connectivity index (χ4n) is 2.57. The summed E-state index contributed by atoms with van der Waals surface area (Å²) in [7, 11) is 1.50. The summed E-state index contributed by atoms with van der Waals surface area (Å²) < 4.78 is 12.9. The Kier molecular flexibility index (Phi) is 7.90. The maximum absolute atomic E-state index is 12.5. The van der Waals surface area contributed by atoms with Crippen LogP contribution in [0.3, 0.4) is 0 Å². The van der Waals surface area contributed by atoms with Crippen molar-refractivity contribution in [1.82, 2.24) is 5.43 Å². The molecule has 0 aliphatic carbocycles. The molecule has 0 unspecified atom stereocenters. The number of methoxy groups -OCH3 is 1. The van der Waals surface area contributed by atoms with Crippen LogP contribution in [0.2, 0.25) is 5.02 Å². The number of ether oxygens (including phenoxy) is 2. The summed E-state index contributed by atoms with van der Waals surface area (Å²) in [4.78, 5) is 12.5. The summed E-state index contributed by atoms with van der Waals surface area (Å²) in [6.45, 7) is 0.386. The van der Waals surface area contributed by atoms with Gasteiger partial charge in [0, 0.05) is 19.5 Å². The molecule has 0 aromatic heterocycles. The van der Waals surface area contributed by atoms with Crippen molar-refractivity contribution in [3.05, 3.63) is 91.3 Å². The molecule has 1 N–H and O–H groups in total. The highest BCUT2D eigenvalue weighted by atomic mass is 79.9. The second-order valence-corrected chi connectivity index (χ2v) is 8.41. The predicted molar refractivity (Wildman–Crippen MR) is 126 cm³/mol. The molecule has 5 nitrogen and oxygen atoms in total. The van der Waals surface area contributed by atoms with Crippen molar-refractivity contribution in [2.45, 2.75) is 6.61 Å². The zero-order valence-electron chi connectivity index (χ0n) is 15.9. The van der Waals surface area contributed by atoms with Crippen molar-refractivity contribution in [3.8, 4) is 11.5 Å². The second kappa shape index (κ2) is 10.6. The minimum atomic E-state index is -0.399. The van der Waals surface area contributed by atoms with E-state index in [0.29, 0.717) is 34.3 Å². The van der Waals surface area contributed by atoms with Crippen molar-refractivity contribution in [2.75, 3.05) is 7.11 Å². The molecule has 3 rings (SSSR count). The van der Waals surface area contributed by atoms with Crippen LogP contribution in [0.1, 0.15) is 21.5 Å². The lowest BCUT2D eigenvalue weighted by atomic mass is 10.2. The molecule has 0 heterocycles. The molecule has 0 saturated heterocycles. The van der Waals surface area contributed by atoms with E-state index in [-0.39, 0.29) is 0 Å². The van der Waals surface area contributed by atoms with Gasteiger partial charge in [-0.25, -0.2) is 5.43 Å². The molecule has 0 fully saturated rings. The standard InChI is InChI=1S/C22H17Br2ClN2O3/c1-29-21-8-6-17(24)11-19(21)22(28)27-26-12-15-10-18(25)7-9-20(15)30-13-14-2-4-16(23)5-3-14/h2-12H,13H2,1H3,(H,27,28)/b26-12-. The summed E-state index contributed by atoms with van der Waals surface area (Å²) in [6.07, 6.45) is 1.49. The van der Waals surface area contributed by atoms with E-state index in [4.69, 9.17) is 21.1 Å². The first kappa shape index (κ1) is 22.3. The molecule has 0 bridgehead atoms. The lowest BCUT2D eigenvalue weighted by Crippen LogP contribution is -2.18. The van der Waals surface area contributed by atoms with Crippen LogP contribution in [-0.4, -0.2) is 19.2 Å². The summed E-state index contributed by atoms with van der Waals surface area (Å²) in [5.74, 6) is 0.649. The number of amides is 1. The fourth-order valence-corrected chi connectivity index (χ4v) is 3.38. The Hall–Kier alpha value is -2.35. The third-order valence-electron chi connectivity index (χ3n) is 4.06. The molecule has 3 aromatic carbocycles. The normalized spacial score (nSPS) is 10.8. The average Bonchev–Trinajstić information content (AvgIpc) is 2.74. The average molecular weight is 553 g/mol. The Balaban J connectivity index is 1.72. The van der Waals surface area contributed by atoms with E-state index in [2.05, 4.69) is 42.4 Å². The molecule has 154 valence electrons. The van der Waals surface area contributed by atoms with Gasteiger partial charge in [-0.15, -0.1) is 0 Å². The fraction of sp³-hybridized carbons (Fsp3) is 0.0909. The lowest BCUT2D eigenvalue weighted by molar-refractivity contribution is 0.0952. The largest absolute Gasteiger partial charge is 0.496 e. The Bertz CT molecular complexity index is 1070. The number of carbonyl (C=O) groups excluding carboxylic acids is 1. The number of hydrogen-bond donors (Lipinski definition) is 1. The summed E-state index contributed by atoms with van der Waals surface area (Å²) in [5, 5.41) is 4.59. The highest BCUT2D eigenvalue weighted by Crippen LogP contribution is 2.24. The minimum absolute atomic E-state index is 0.363. The van der Waals surface area contributed by atoms with Gasteiger partial charge in [-0.2, -0.15) is 5.10 Å². The minimum Gasteiger partial charge on any atom is -0.496 e. The number of hydrogen-bond acceptors (Lipinski definition) is 4. The van der Waals surface area contributed by atoms with E-state index in [0.717, 1.165) is 14.5 Å². The number of nitrogens with one attached hydrogen (secondary N) is 1. The molecule has 0 radical (unpaired) electrons. The van der Waals surface area contributed by atoms with Gasteiger partial charge < -0.3 is 9.47 Å². The number of carbonyl (C=O) groups is 1. The molecule has 3 aromatic rings. The van der Waals surface area contributed by atoms with Gasteiger partial charge in [0.25, 0.3) is 5.91 Å². The van der Waals surface area contributed by atoms with Crippen LogP contribution < -0.4 is 14.9 Å². The maximum Gasteiger partial charge on any atom is 0.275 e. The first-order valence-corrected chi connectivity index (χ1v) is 10.8. The molecular weight excluding hydrogens is 536 g/mol. The van der Waals surface area contributed by atoms with E-state index >= 15 is 0 Å². The molecule has 0 aliphatic heterocycles. The summed E-state index contributed by atoms with van der Waals surface area (Å²) >= 11 is 12.9. The summed E-state index contributed by atoms with van der Waals surface area (Å²) in [6, 6.07) is 18.2. The molecule has 0 atom stereocenters. The highest BCUT2D eigenvalue weighted by Gasteiger charge is 2.12. The molecule has 0 saturated carbocycles. The van der Waals surface area contributed by atoms with Crippen LogP contribution in [0.5, 0.6) is 11.5 Å². The smallest absolute Gasteiger partial charge is 0.275 e. The van der Waals surface area contributed by atoms with Gasteiger partial charge in [-0.05, 0) is 54.1 Å². The zero-order valence-corrected chi connectivity index (χ0v) is 19.8. The van der Waals surface area contributed by atoms with E-state index in [1.165, 1.54) is 13.3 Å². The van der Waals surface area contributed by atoms with Crippen LogP contribution >= 0.6 is 43.5 Å². The van der Waals surface area contributed by atoms with Gasteiger partial charge in [-0.1, -0.05) is 55.6 Å². The lowest BCUT2D eigenvalue weighted by Gasteiger charge is -2.10. The molecule has 0 spiro atoms. The maximum atomic E-state index is 12.5. The van der Waals surface area contributed by atoms with Crippen LogP contribution in [0.25, 0.3) is 0 Å². The van der Waals surface area contributed by atoms with Crippen molar-refractivity contribution < 1.29 is 14.3 Å². The second-order valence-electron chi connectivity index (χ2n) is 6.14. The quantitative estimate of drug-likeness (QED) is 0.280. The van der Waals surface area contributed by atoms with Crippen molar-refractivity contribution in [1.29, 1.82) is 0 Å². The zero-order chi connectivity index (χ0) is 21.5.